The molecule has 0 aliphatic carbocycles. The fraction of sp³-hybridized carbons (Fsp3) is 0.500. The normalized spacial score (nSPS) is 33.4. The van der Waals surface area contributed by atoms with Crippen molar-refractivity contribution in [2.45, 2.75) is 30.6 Å². The van der Waals surface area contributed by atoms with Crippen molar-refractivity contribution in [3.63, 3.8) is 0 Å². The third kappa shape index (κ3) is 2.15. The Hall–Kier alpha value is -1.78. The van der Waals surface area contributed by atoms with E-state index in [-0.39, 0.29) is 0 Å². The molecule has 2 heterocycles. The average molecular weight is 296 g/mol. The summed E-state index contributed by atoms with van der Waals surface area (Å²) in [5, 5.41) is 46.7. The molecule has 0 saturated carbocycles. The van der Waals surface area contributed by atoms with Crippen LogP contribution in [0.2, 0.25) is 0 Å². The van der Waals surface area contributed by atoms with Crippen LogP contribution in [0.25, 0.3) is 11.0 Å². The lowest BCUT2D eigenvalue weighted by molar-refractivity contribution is -0.253. The van der Waals surface area contributed by atoms with E-state index in [9.17, 15) is 20.4 Å². The van der Waals surface area contributed by atoms with Gasteiger partial charge in [-0.05, 0) is 12.1 Å². The topological polar surface area (TPSA) is 147 Å². The number of benzene rings is 1. The summed E-state index contributed by atoms with van der Waals surface area (Å²) in [6.07, 6.45) is -6.41. The SMILES string of the molecule is Nc1cccc2c1nnn2[C@@H]1O[C@@H](CO)[C@@H](O)[C@@H](O)[C@@H]1O. The van der Waals surface area contributed by atoms with Crippen LogP contribution in [-0.4, -0.2) is 66.4 Å². The number of aliphatic hydroxyl groups is 4. The molecule has 1 aromatic heterocycles. The molecule has 0 spiro atoms. The molecule has 0 bridgehead atoms. The highest BCUT2D eigenvalue weighted by atomic mass is 16.6. The maximum atomic E-state index is 10.1. The summed E-state index contributed by atoms with van der Waals surface area (Å²) in [6.45, 7) is -0.504. The molecular formula is C12H16N4O5. The molecule has 1 aliphatic rings. The summed E-state index contributed by atoms with van der Waals surface area (Å²) in [6, 6.07) is 5.04. The largest absolute Gasteiger partial charge is 0.397 e. The highest BCUT2D eigenvalue weighted by molar-refractivity contribution is 5.86. The quantitative estimate of drug-likeness (QED) is 0.399. The lowest BCUT2D eigenvalue weighted by Gasteiger charge is -2.39. The molecule has 21 heavy (non-hydrogen) atoms. The molecule has 3 rings (SSSR count). The van der Waals surface area contributed by atoms with Gasteiger partial charge in [-0.1, -0.05) is 11.3 Å². The predicted molar refractivity (Wildman–Crippen MR) is 71.0 cm³/mol. The van der Waals surface area contributed by atoms with Crippen molar-refractivity contribution in [2.75, 3.05) is 12.3 Å². The Morgan fingerprint density at radius 1 is 1.19 bits per heavy atom. The van der Waals surface area contributed by atoms with Gasteiger partial charge in [-0.2, -0.15) is 0 Å². The Balaban J connectivity index is 2.03. The van der Waals surface area contributed by atoms with Crippen LogP contribution in [0.4, 0.5) is 5.69 Å². The van der Waals surface area contributed by atoms with Crippen molar-refractivity contribution < 1.29 is 25.2 Å². The van der Waals surface area contributed by atoms with Gasteiger partial charge in [-0.15, -0.1) is 5.10 Å². The Morgan fingerprint density at radius 3 is 2.67 bits per heavy atom. The van der Waals surface area contributed by atoms with Gasteiger partial charge in [-0.25, -0.2) is 4.68 Å². The highest BCUT2D eigenvalue weighted by Gasteiger charge is 2.45. The molecule has 9 nitrogen and oxygen atoms in total. The molecule has 9 heteroatoms. The first-order valence-corrected chi connectivity index (χ1v) is 6.44. The molecule has 114 valence electrons. The smallest absolute Gasteiger partial charge is 0.181 e. The fourth-order valence-electron chi connectivity index (χ4n) is 2.46. The molecule has 0 amide bonds. The Morgan fingerprint density at radius 2 is 1.95 bits per heavy atom. The number of aliphatic hydroxyl groups excluding tert-OH is 4. The third-order valence-corrected chi connectivity index (χ3v) is 3.64. The number of ether oxygens (including phenoxy) is 1. The van der Waals surface area contributed by atoms with Crippen LogP contribution in [0.15, 0.2) is 18.2 Å². The maximum Gasteiger partial charge on any atom is 0.181 e. The fourth-order valence-corrected chi connectivity index (χ4v) is 2.46. The van der Waals surface area contributed by atoms with E-state index < -0.39 is 37.3 Å². The Labute approximate surface area is 119 Å². The average Bonchev–Trinajstić information content (AvgIpc) is 2.91. The maximum absolute atomic E-state index is 10.1. The van der Waals surface area contributed by atoms with E-state index >= 15 is 0 Å². The van der Waals surface area contributed by atoms with Crippen LogP contribution in [0, 0.1) is 0 Å². The zero-order valence-corrected chi connectivity index (χ0v) is 10.9. The van der Waals surface area contributed by atoms with E-state index in [0.29, 0.717) is 16.7 Å². The Kier molecular flexibility index (Phi) is 3.51. The molecule has 1 fully saturated rings. The van der Waals surface area contributed by atoms with Gasteiger partial charge in [0.2, 0.25) is 0 Å². The molecule has 2 aromatic rings. The van der Waals surface area contributed by atoms with Crippen molar-refractivity contribution in [1.82, 2.24) is 15.0 Å². The second-order valence-corrected chi connectivity index (χ2v) is 4.97. The molecule has 6 N–H and O–H groups in total. The van der Waals surface area contributed by atoms with Crippen molar-refractivity contribution in [3.8, 4) is 0 Å². The lowest BCUT2D eigenvalue weighted by Crippen LogP contribution is -2.56. The van der Waals surface area contributed by atoms with E-state index in [4.69, 9.17) is 10.5 Å². The number of hydrogen-bond donors (Lipinski definition) is 5. The minimum atomic E-state index is -1.47. The van der Waals surface area contributed by atoms with Gasteiger partial charge in [0.15, 0.2) is 6.23 Å². The number of nitrogens with two attached hydrogens (primary N) is 1. The Bertz CT molecular complexity index is 646. The van der Waals surface area contributed by atoms with E-state index in [1.807, 2.05) is 0 Å². The number of anilines is 1. The first-order chi connectivity index (χ1) is 10.0. The van der Waals surface area contributed by atoms with Gasteiger partial charge in [0, 0.05) is 0 Å². The molecule has 1 aromatic carbocycles. The summed E-state index contributed by atoms with van der Waals surface area (Å²) in [7, 11) is 0. The lowest BCUT2D eigenvalue weighted by atomic mass is 9.98. The van der Waals surface area contributed by atoms with E-state index in [1.54, 1.807) is 18.2 Å². The number of hydrogen-bond acceptors (Lipinski definition) is 8. The van der Waals surface area contributed by atoms with Gasteiger partial charge in [0.05, 0.1) is 17.8 Å². The summed E-state index contributed by atoms with van der Waals surface area (Å²) in [5.74, 6) is 0. The minimum Gasteiger partial charge on any atom is -0.397 e. The van der Waals surface area contributed by atoms with Crippen molar-refractivity contribution >= 4 is 16.7 Å². The highest BCUT2D eigenvalue weighted by Crippen LogP contribution is 2.30. The first-order valence-electron chi connectivity index (χ1n) is 6.44. The van der Waals surface area contributed by atoms with Crippen LogP contribution in [-0.2, 0) is 4.74 Å². The van der Waals surface area contributed by atoms with Gasteiger partial charge >= 0.3 is 0 Å². The van der Waals surface area contributed by atoms with Gasteiger partial charge in [-0.3, -0.25) is 0 Å². The number of nitrogen functional groups attached to an aromatic ring is 1. The standard InChI is InChI=1S/C12H16N4O5/c13-5-2-1-3-6-8(5)14-15-16(6)12-11(20)10(19)9(18)7(4-17)21-12/h1-3,7,9-12,17-20H,4,13H2/t7-,9+,10+,11-,12+/m0/s1. The summed E-state index contributed by atoms with van der Waals surface area (Å²) < 4.78 is 6.70. The van der Waals surface area contributed by atoms with Crippen molar-refractivity contribution in [2.24, 2.45) is 0 Å². The molecule has 0 radical (unpaired) electrons. The van der Waals surface area contributed by atoms with Crippen LogP contribution in [0.5, 0.6) is 0 Å². The van der Waals surface area contributed by atoms with Gasteiger partial charge in [0.25, 0.3) is 0 Å². The molecule has 1 aliphatic heterocycles. The predicted octanol–water partition coefficient (Wildman–Crippen LogP) is -2.01. The van der Waals surface area contributed by atoms with E-state index in [1.165, 1.54) is 4.68 Å². The summed E-state index contributed by atoms with van der Waals surface area (Å²) in [4.78, 5) is 0. The first kappa shape index (κ1) is 14.2. The zero-order valence-electron chi connectivity index (χ0n) is 10.9. The van der Waals surface area contributed by atoms with Crippen molar-refractivity contribution in [1.29, 1.82) is 0 Å². The number of aromatic nitrogens is 3. The number of rotatable bonds is 2. The van der Waals surface area contributed by atoms with Gasteiger partial charge < -0.3 is 30.9 Å². The molecule has 5 atom stereocenters. The molecule has 0 unspecified atom stereocenters. The second-order valence-electron chi connectivity index (χ2n) is 4.97. The van der Waals surface area contributed by atoms with Crippen molar-refractivity contribution in [3.05, 3.63) is 18.2 Å². The third-order valence-electron chi connectivity index (χ3n) is 3.64. The zero-order chi connectivity index (χ0) is 15.1. The number of nitrogens with zero attached hydrogens (tertiary/aromatic N) is 3. The van der Waals surface area contributed by atoms with E-state index in [2.05, 4.69) is 10.3 Å². The van der Waals surface area contributed by atoms with Crippen LogP contribution >= 0.6 is 0 Å². The molecule has 1 saturated heterocycles. The molecular weight excluding hydrogens is 280 g/mol. The van der Waals surface area contributed by atoms with Crippen LogP contribution in [0.1, 0.15) is 6.23 Å². The number of fused-ring (bicyclic) bond motifs is 1. The summed E-state index contributed by atoms with van der Waals surface area (Å²) in [5.41, 5.74) is 7.16. The van der Waals surface area contributed by atoms with E-state index in [0.717, 1.165) is 0 Å². The van der Waals surface area contributed by atoms with Gasteiger partial charge in [0.1, 0.15) is 29.9 Å². The monoisotopic (exact) mass is 296 g/mol. The van der Waals surface area contributed by atoms with Crippen LogP contribution < -0.4 is 5.73 Å². The minimum absolute atomic E-state index is 0.420. The second kappa shape index (κ2) is 5.20. The van der Waals surface area contributed by atoms with Crippen LogP contribution in [0.3, 0.4) is 0 Å². The summed E-state index contributed by atoms with van der Waals surface area (Å²) >= 11 is 0.